The molecule has 116 valence electrons. The molecule has 0 radical (unpaired) electrons. The van der Waals surface area contributed by atoms with E-state index < -0.39 is 5.63 Å². The molecule has 0 aliphatic heterocycles. The van der Waals surface area contributed by atoms with Crippen molar-refractivity contribution in [1.29, 1.82) is 0 Å². The molecule has 5 heteroatoms. The number of para-hydroxylation sites is 1. The van der Waals surface area contributed by atoms with Crippen molar-refractivity contribution in [2.75, 3.05) is 5.32 Å². The average Bonchev–Trinajstić information content (AvgIpc) is 2.54. The maximum atomic E-state index is 12.2. The van der Waals surface area contributed by atoms with Crippen LogP contribution in [0, 0.1) is 0 Å². The molecule has 0 saturated heterocycles. The molecular weight excluding hydrogens is 314 g/mol. The summed E-state index contributed by atoms with van der Waals surface area (Å²) in [6.07, 6.45) is 0.383. The summed E-state index contributed by atoms with van der Waals surface area (Å²) < 4.78 is 5.33. The summed E-state index contributed by atoms with van der Waals surface area (Å²) in [6.45, 7) is 1.77. The van der Waals surface area contributed by atoms with Crippen LogP contribution in [0.3, 0.4) is 0 Å². The van der Waals surface area contributed by atoms with Crippen molar-refractivity contribution in [1.82, 2.24) is 0 Å². The fourth-order valence-electron chi connectivity index (χ4n) is 2.31. The van der Waals surface area contributed by atoms with E-state index in [9.17, 15) is 9.59 Å². The normalized spacial score (nSPS) is 10.7. The van der Waals surface area contributed by atoms with Crippen LogP contribution in [0.2, 0.25) is 5.02 Å². The number of carbonyl (C=O) groups is 1. The van der Waals surface area contributed by atoms with Crippen molar-refractivity contribution < 1.29 is 9.21 Å². The van der Waals surface area contributed by atoms with Crippen LogP contribution in [0.25, 0.3) is 22.1 Å². The van der Waals surface area contributed by atoms with Crippen LogP contribution in [0.4, 0.5) is 5.69 Å². The second kappa shape index (κ2) is 6.26. The fourth-order valence-corrected chi connectivity index (χ4v) is 2.59. The zero-order valence-corrected chi connectivity index (χ0v) is 13.2. The Bertz CT molecular complexity index is 946. The Kier molecular flexibility index (Phi) is 4.17. The lowest BCUT2D eigenvalue weighted by molar-refractivity contribution is -0.115. The minimum Gasteiger partial charge on any atom is -0.422 e. The van der Waals surface area contributed by atoms with Crippen molar-refractivity contribution >= 4 is 34.2 Å². The number of nitrogens with one attached hydrogen (secondary N) is 1. The van der Waals surface area contributed by atoms with E-state index in [0.29, 0.717) is 33.8 Å². The zero-order chi connectivity index (χ0) is 16.4. The monoisotopic (exact) mass is 327 g/mol. The molecule has 1 aromatic heterocycles. The van der Waals surface area contributed by atoms with Crippen LogP contribution >= 0.6 is 11.6 Å². The molecule has 1 N–H and O–H groups in total. The highest BCUT2D eigenvalue weighted by Gasteiger charge is 2.12. The largest absolute Gasteiger partial charge is 0.422 e. The molecular formula is C18H14ClNO3. The van der Waals surface area contributed by atoms with Gasteiger partial charge in [-0.1, -0.05) is 42.8 Å². The first-order valence-electron chi connectivity index (χ1n) is 7.21. The van der Waals surface area contributed by atoms with Crippen molar-refractivity contribution in [3.05, 3.63) is 64.0 Å². The Labute approximate surface area is 137 Å². The van der Waals surface area contributed by atoms with Gasteiger partial charge >= 0.3 is 5.63 Å². The summed E-state index contributed by atoms with van der Waals surface area (Å²) in [5, 5.41) is 3.93. The molecule has 2 aromatic carbocycles. The molecule has 0 atom stereocenters. The summed E-state index contributed by atoms with van der Waals surface area (Å²) in [5.74, 6) is -0.0981. The number of anilines is 1. The summed E-state index contributed by atoms with van der Waals surface area (Å²) in [6, 6.07) is 14.1. The quantitative estimate of drug-likeness (QED) is 0.722. The number of amides is 1. The smallest absolute Gasteiger partial charge is 0.344 e. The Morgan fingerprint density at radius 3 is 2.65 bits per heavy atom. The van der Waals surface area contributed by atoms with Crippen molar-refractivity contribution in [2.45, 2.75) is 13.3 Å². The summed E-state index contributed by atoms with van der Waals surface area (Å²) >= 11 is 6.28. The first kappa shape index (κ1) is 15.3. The van der Waals surface area contributed by atoms with Crippen LogP contribution in [-0.4, -0.2) is 5.91 Å². The van der Waals surface area contributed by atoms with Gasteiger partial charge < -0.3 is 9.73 Å². The predicted octanol–water partition coefficient (Wildman–Crippen LogP) is 4.46. The number of fused-ring (bicyclic) bond motifs is 1. The molecule has 0 bridgehead atoms. The van der Waals surface area contributed by atoms with Crippen LogP contribution in [0.5, 0.6) is 0 Å². The Balaban J connectivity index is 2.06. The molecule has 1 amide bonds. The van der Waals surface area contributed by atoms with Gasteiger partial charge in [0, 0.05) is 23.1 Å². The van der Waals surface area contributed by atoms with Crippen molar-refractivity contribution in [2.24, 2.45) is 0 Å². The molecule has 0 aliphatic carbocycles. The second-order valence-electron chi connectivity index (χ2n) is 5.08. The summed E-state index contributed by atoms with van der Waals surface area (Å²) in [5.41, 5.74) is 1.64. The van der Waals surface area contributed by atoms with Crippen LogP contribution < -0.4 is 10.9 Å². The highest BCUT2D eigenvalue weighted by atomic mass is 35.5. The molecule has 0 spiro atoms. The van der Waals surface area contributed by atoms with E-state index in [2.05, 4.69) is 5.32 Å². The lowest BCUT2D eigenvalue weighted by atomic mass is 10.1. The molecule has 0 fully saturated rings. The number of benzene rings is 2. The number of hydrogen-bond acceptors (Lipinski definition) is 3. The van der Waals surface area contributed by atoms with Crippen molar-refractivity contribution in [3.8, 4) is 11.1 Å². The number of halogens is 1. The SMILES string of the molecule is CCC(=O)Nc1ccc(-c2cc3ccccc3oc2=O)c(Cl)c1. The van der Waals surface area contributed by atoms with Crippen molar-refractivity contribution in [3.63, 3.8) is 0 Å². The maximum absolute atomic E-state index is 12.2. The predicted molar refractivity (Wildman–Crippen MR) is 91.9 cm³/mol. The summed E-state index contributed by atoms with van der Waals surface area (Å²) in [4.78, 5) is 23.6. The Morgan fingerprint density at radius 1 is 1.13 bits per heavy atom. The van der Waals surface area contributed by atoms with Gasteiger partial charge in [0.05, 0.1) is 10.6 Å². The van der Waals surface area contributed by atoms with E-state index >= 15 is 0 Å². The first-order valence-corrected chi connectivity index (χ1v) is 7.59. The number of carbonyl (C=O) groups excluding carboxylic acids is 1. The fraction of sp³-hybridized carbons (Fsp3) is 0.111. The molecule has 3 aromatic rings. The van der Waals surface area contributed by atoms with E-state index in [1.807, 2.05) is 18.2 Å². The van der Waals surface area contributed by atoms with Gasteiger partial charge in [-0.2, -0.15) is 0 Å². The van der Waals surface area contributed by atoms with Crippen LogP contribution in [-0.2, 0) is 4.79 Å². The van der Waals surface area contributed by atoms with E-state index in [0.717, 1.165) is 5.39 Å². The molecule has 4 nitrogen and oxygen atoms in total. The zero-order valence-electron chi connectivity index (χ0n) is 12.4. The summed E-state index contributed by atoms with van der Waals surface area (Å²) in [7, 11) is 0. The van der Waals surface area contributed by atoms with E-state index in [-0.39, 0.29) is 5.91 Å². The number of rotatable bonds is 3. The van der Waals surface area contributed by atoms with Crippen LogP contribution in [0.1, 0.15) is 13.3 Å². The lowest BCUT2D eigenvalue weighted by Gasteiger charge is -2.08. The highest BCUT2D eigenvalue weighted by Crippen LogP contribution is 2.30. The third-order valence-electron chi connectivity index (χ3n) is 3.51. The third-order valence-corrected chi connectivity index (χ3v) is 3.82. The minimum absolute atomic E-state index is 0.0981. The van der Waals surface area contributed by atoms with Gasteiger partial charge in [0.2, 0.25) is 5.91 Å². The van der Waals surface area contributed by atoms with Gasteiger partial charge in [-0.15, -0.1) is 0 Å². The van der Waals surface area contributed by atoms with E-state index in [4.69, 9.17) is 16.0 Å². The van der Waals surface area contributed by atoms with Gasteiger partial charge in [-0.25, -0.2) is 4.79 Å². The lowest BCUT2D eigenvalue weighted by Crippen LogP contribution is -2.09. The standard InChI is InChI=1S/C18H14ClNO3/c1-2-17(21)20-12-7-8-13(15(19)10-12)14-9-11-5-3-4-6-16(11)23-18(14)22/h3-10H,2H2,1H3,(H,20,21). The van der Waals surface area contributed by atoms with E-state index in [1.165, 1.54) is 0 Å². The molecule has 0 saturated carbocycles. The van der Waals surface area contributed by atoms with Gasteiger partial charge in [0.15, 0.2) is 0 Å². The Hall–Kier alpha value is -2.59. The highest BCUT2D eigenvalue weighted by molar-refractivity contribution is 6.33. The second-order valence-corrected chi connectivity index (χ2v) is 5.49. The van der Waals surface area contributed by atoms with Gasteiger partial charge in [0.25, 0.3) is 0 Å². The van der Waals surface area contributed by atoms with Gasteiger partial charge in [-0.3, -0.25) is 4.79 Å². The van der Waals surface area contributed by atoms with Crippen LogP contribution in [0.15, 0.2) is 57.7 Å². The topological polar surface area (TPSA) is 59.3 Å². The average molecular weight is 328 g/mol. The van der Waals surface area contributed by atoms with Gasteiger partial charge in [0.1, 0.15) is 5.58 Å². The third kappa shape index (κ3) is 3.12. The first-order chi connectivity index (χ1) is 11.1. The number of hydrogen-bond donors (Lipinski definition) is 1. The van der Waals surface area contributed by atoms with Gasteiger partial charge in [-0.05, 0) is 24.3 Å². The molecule has 0 unspecified atom stereocenters. The van der Waals surface area contributed by atoms with E-state index in [1.54, 1.807) is 37.3 Å². The minimum atomic E-state index is -0.448. The molecule has 1 heterocycles. The molecule has 3 rings (SSSR count). The molecule has 23 heavy (non-hydrogen) atoms. The Morgan fingerprint density at radius 2 is 1.91 bits per heavy atom. The maximum Gasteiger partial charge on any atom is 0.344 e. The molecule has 0 aliphatic rings.